The molecule has 1 atom stereocenters. The Morgan fingerprint density at radius 3 is 2.68 bits per heavy atom. The number of unbranched alkanes of at least 4 members (excludes halogenated alkanes) is 1. The maximum absolute atomic E-state index is 11.3. The predicted molar refractivity (Wildman–Crippen MR) is 104 cm³/mol. The number of fused-ring (bicyclic) bond motifs is 1. The van der Waals surface area contributed by atoms with Gasteiger partial charge in [-0.1, -0.05) is 11.6 Å². The second-order valence-corrected chi connectivity index (χ2v) is 7.93. The SMILES string of the molecule is CC(C)(C)N(CCCCOc1ccc(Cl)c2c1B(O)OC2C[N+](=O)[O-])C(=O)O. The molecule has 0 bridgehead atoms. The molecule has 0 radical (unpaired) electrons. The summed E-state index contributed by atoms with van der Waals surface area (Å²) in [4.78, 5) is 23.0. The summed E-state index contributed by atoms with van der Waals surface area (Å²) in [6.45, 7) is 5.65. The first-order valence-electron chi connectivity index (χ1n) is 8.93. The van der Waals surface area contributed by atoms with Crippen LogP contribution in [0.3, 0.4) is 0 Å². The molecular weight excluding hydrogens is 390 g/mol. The third-order valence-electron chi connectivity index (χ3n) is 4.45. The van der Waals surface area contributed by atoms with Crippen LogP contribution in [0.1, 0.15) is 45.3 Å². The zero-order chi connectivity index (χ0) is 21.1. The third-order valence-corrected chi connectivity index (χ3v) is 4.77. The maximum atomic E-state index is 11.3. The molecule has 0 aliphatic carbocycles. The Kier molecular flexibility index (Phi) is 7.14. The molecule has 1 heterocycles. The highest BCUT2D eigenvalue weighted by atomic mass is 35.5. The largest absolute Gasteiger partial charge is 0.496 e. The fourth-order valence-electron chi connectivity index (χ4n) is 3.13. The van der Waals surface area contributed by atoms with Gasteiger partial charge in [-0.15, -0.1) is 0 Å². The van der Waals surface area contributed by atoms with Crippen molar-refractivity contribution in [1.82, 2.24) is 4.90 Å². The quantitative estimate of drug-likeness (QED) is 0.289. The molecule has 9 nitrogen and oxygen atoms in total. The second kappa shape index (κ2) is 8.98. The van der Waals surface area contributed by atoms with Gasteiger partial charge in [-0.05, 0) is 45.7 Å². The number of nitrogens with zero attached hydrogens (tertiary/aromatic N) is 2. The van der Waals surface area contributed by atoms with Crippen LogP contribution in [0, 0.1) is 10.1 Å². The van der Waals surface area contributed by atoms with E-state index in [4.69, 9.17) is 21.0 Å². The van der Waals surface area contributed by atoms with Gasteiger partial charge in [0.25, 0.3) is 0 Å². The van der Waals surface area contributed by atoms with Crippen LogP contribution in [-0.4, -0.2) is 58.4 Å². The lowest BCUT2D eigenvalue weighted by atomic mass is 9.78. The molecule has 1 aromatic carbocycles. The summed E-state index contributed by atoms with van der Waals surface area (Å²) in [6, 6.07) is 3.14. The minimum absolute atomic E-state index is 0.271. The van der Waals surface area contributed by atoms with Gasteiger partial charge in [0.1, 0.15) is 11.9 Å². The van der Waals surface area contributed by atoms with Gasteiger partial charge in [0.2, 0.25) is 6.54 Å². The van der Waals surface area contributed by atoms with Crippen LogP contribution in [-0.2, 0) is 4.65 Å². The van der Waals surface area contributed by atoms with E-state index in [0.717, 1.165) is 0 Å². The third kappa shape index (κ3) is 5.27. The number of amides is 1. The molecule has 2 N–H and O–H groups in total. The standard InChI is InChI=1S/C17H24BClN2O7/c1-17(2,3)20(16(22)23)8-4-5-9-27-12-7-6-11(19)14-13(10-21(25)26)28-18(24)15(12)14/h6-7,13,24H,4-5,8-10H2,1-3H3,(H,22,23). The predicted octanol–water partition coefficient (Wildman–Crippen LogP) is 2.31. The van der Waals surface area contributed by atoms with Crippen molar-refractivity contribution in [2.45, 2.75) is 45.3 Å². The van der Waals surface area contributed by atoms with Crippen molar-refractivity contribution in [3.8, 4) is 5.75 Å². The molecule has 1 amide bonds. The van der Waals surface area contributed by atoms with Gasteiger partial charge < -0.3 is 24.4 Å². The van der Waals surface area contributed by atoms with Crippen molar-refractivity contribution in [1.29, 1.82) is 0 Å². The normalized spacial score (nSPS) is 16.0. The second-order valence-electron chi connectivity index (χ2n) is 7.53. The van der Waals surface area contributed by atoms with Gasteiger partial charge in [0, 0.05) is 33.1 Å². The number of hydrogen-bond acceptors (Lipinski definition) is 6. The van der Waals surface area contributed by atoms with Crippen molar-refractivity contribution in [3.63, 3.8) is 0 Å². The molecule has 0 saturated heterocycles. The van der Waals surface area contributed by atoms with E-state index in [2.05, 4.69) is 0 Å². The molecule has 1 aliphatic rings. The molecule has 11 heteroatoms. The first kappa shape index (κ1) is 22.3. The lowest BCUT2D eigenvalue weighted by molar-refractivity contribution is -0.490. The van der Waals surface area contributed by atoms with Crippen molar-refractivity contribution < 1.29 is 29.2 Å². The molecule has 154 valence electrons. The van der Waals surface area contributed by atoms with Crippen molar-refractivity contribution in [3.05, 3.63) is 32.8 Å². The van der Waals surface area contributed by atoms with E-state index < -0.39 is 36.3 Å². The highest BCUT2D eigenvalue weighted by Crippen LogP contribution is 2.33. The summed E-state index contributed by atoms with van der Waals surface area (Å²) < 4.78 is 11.0. The Hall–Kier alpha value is -2.04. The Morgan fingerprint density at radius 1 is 1.43 bits per heavy atom. The molecular formula is C17H24BClN2O7. The number of nitro groups is 1. The Labute approximate surface area is 168 Å². The molecule has 1 aromatic rings. The van der Waals surface area contributed by atoms with E-state index in [0.29, 0.717) is 36.2 Å². The van der Waals surface area contributed by atoms with E-state index in [1.165, 1.54) is 4.90 Å². The number of hydrogen-bond donors (Lipinski definition) is 2. The van der Waals surface area contributed by atoms with E-state index in [-0.39, 0.29) is 11.6 Å². The highest BCUT2D eigenvalue weighted by molar-refractivity contribution is 6.63. The molecule has 1 aliphatic heterocycles. The van der Waals surface area contributed by atoms with Gasteiger partial charge >= 0.3 is 13.2 Å². The smallest absolute Gasteiger partial charge is 0.494 e. The first-order valence-corrected chi connectivity index (χ1v) is 9.31. The lowest BCUT2D eigenvalue weighted by Crippen LogP contribution is -2.45. The topological polar surface area (TPSA) is 122 Å². The molecule has 0 saturated carbocycles. The van der Waals surface area contributed by atoms with E-state index >= 15 is 0 Å². The fraction of sp³-hybridized carbons (Fsp3) is 0.588. The molecule has 0 aromatic heterocycles. The Balaban J connectivity index is 1.98. The minimum Gasteiger partial charge on any atom is -0.494 e. The zero-order valence-corrected chi connectivity index (χ0v) is 16.8. The molecule has 28 heavy (non-hydrogen) atoms. The summed E-state index contributed by atoms with van der Waals surface area (Å²) in [5, 5.41) is 30.5. The van der Waals surface area contributed by atoms with Gasteiger partial charge in [0.05, 0.1) is 6.61 Å². The van der Waals surface area contributed by atoms with Crippen LogP contribution >= 0.6 is 11.6 Å². The molecule has 2 rings (SSSR count). The Morgan fingerprint density at radius 2 is 2.11 bits per heavy atom. The number of carboxylic acid groups (broad SMARTS) is 1. The van der Waals surface area contributed by atoms with E-state index in [1.807, 2.05) is 20.8 Å². The molecule has 1 unspecified atom stereocenters. The highest BCUT2D eigenvalue weighted by Gasteiger charge is 2.42. The van der Waals surface area contributed by atoms with Gasteiger partial charge in [-0.3, -0.25) is 10.1 Å². The minimum atomic E-state index is -1.35. The van der Waals surface area contributed by atoms with Crippen LogP contribution in [0.4, 0.5) is 4.79 Å². The van der Waals surface area contributed by atoms with Gasteiger partial charge in [-0.25, -0.2) is 4.79 Å². The number of ether oxygens (including phenoxy) is 1. The van der Waals surface area contributed by atoms with Gasteiger partial charge in [-0.2, -0.15) is 0 Å². The molecule has 0 fully saturated rings. The molecule has 0 spiro atoms. The van der Waals surface area contributed by atoms with Crippen LogP contribution < -0.4 is 10.2 Å². The number of carbonyl (C=O) groups is 1. The summed E-state index contributed by atoms with van der Waals surface area (Å²) >= 11 is 6.15. The summed E-state index contributed by atoms with van der Waals surface area (Å²) in [5.74, 6) is 0.351. The number of halogens is 1. The first-order chi connectivity index (χ1) is 13.0. The number of benzene rings is 1. The van der Waals surface area contributed by atoms with Crippen molar-refractivity contribution in [2.24, 2.45) is 0 Å². The van der Waals surface area contributed by atoms with Crippen LogP contribution in [0.25, 0.3) is 0 Å². The lowest BCUT2D eigenvalue weighted by Gasteiger charge is -2.33. The van der Waals surface area contributed by atoms with Crippen LogP contribution in [0.5, 0.6) is 5.75 Å². The maximum Gasteiger partial charge on any atom is 0.496 e. The summed E-state index contributed by atoms with van der Waals surface area (Å²) in [7, 11) is -1.35. The van der Waals surface area contributed by atoms with Crippen LogP contribution in [0.15, 0.2) is 12.1 Å². The average molecular weight is 415 g/mol. The van der Waals surface area contributed by atoms with Crippen molar-refractivity contribution >= 4 is 30.3 Å². The van der Waals surface area contributed by atoms with E-state index in [9.17, 15) is 25.0 Å². The van der Waals surface area contributed by atoms with Crippen LogP contribution in [0.2, 0.25) is 5.02 Å². The average Bonchev–Trinajstić information content (AvgIpc) is 2.87. The van der Waals surface area contributed by atoms with Crippen molar-refractivity contribution in [2.75, 3.05) is 19.7 Å². The fourth-order valence-corrected chi connectivity index (χ4v) is 3.42. The zero-order valence-electron chi connectivity index (χ0n) is 16.1. The number of rotatable bonds is 8. The summed E-state index contributed by atoms with van der Waals surface area (Å²) in [6.07, 6.45) is -0.720. The Bertz CT molecular complexity index is 741. The monoisotopic (exact) mass is 414 g/mol. The van der Waals surface area contributed by atoms with Gasteiger partial charge in [0.15, 0.2) is 0 Å². The van der Waals surface area contributed by atoms with E-state index in [1.54, 1.807) is 12.1 Å². The summed E-state index contributed by atoms with van der Waals surface area (Å²) in [5.41, 5.74) is 0.186.